The lowest BCUT2D eigenvalue weighted by molar-refractivity contribution is 0.250. The first-order chi connectivity index (χ1) is 15.5. The van der Waals surface area contributed by atoms with Crippen LogP contribution in [0.2, 0.25) is 0 Å². The molecule has 0 saturated carbocycles. The van der Waals surface area contributed by atoms with Crippen LogP contribution in [0.1, 0.15) is 66.5 Å². The summed E-state index contributed by atoms with van der Waals surface area (Å²) in [5.74, 6) is 1.81. The fourth-order valence-corrected chi connectivity index (χ4v) is 4.96. The summed E-state index contributed by atoms with van der Waals surface area (Å²) >= 11 is 4.47. The molecule has 0 heterocycles. The molecule has 190 valence electrons. The minimum Gasteiger partial charge on any atom is -0.495 e. The molecule has 4 N–H and O–H groups in total. The van der Waals surface area contributed by atoms with Gasteiger partial charge < -0.3 is 25.8 Å². The number of nitrogen functional groups attached to an aromatic ring is 1. The lowest BCUT2D eigenvalue weighted by Gasteiger charge is -2.24. The van der Waals surface area contributed by atoms with Gasteiger partial charge in [-0.2, -0.15) is 0 Å². The summed E-state index contributed by atoms with van der Waals surface area (Å²) in [4.78, 5) is 11.8. The van der Waals surface area contributed by atoms with Gasteiger partial charge in [-0.05, 0) is 94.1 Å². The maximum Gasteiger partial charge on any atom is 0.319 e. The molecule has 0 aliphatic carbocycles. The Morgan fingerprint density at radius 2 is 1.29 bits per heavy atom. The van der Waals surface area contributed by atoms with Crippen LogP contribution in [0.3, 0.4) is 0 Å². The van der Waals surface area contributed by atoms with Gasteiger partial charge in [-0.25, -0.2) is 4.79 Å². The molecule has 8 heteroatoms. The summed E-state index contributed by atoms with van der Waals surface area (Å²) in [5.41, 5.74) is 9.62. The summed E-state index contributed by atoms with van der Waals surface area (Å²) in [5, 5.41) is 5.68. The highest BCUT2D eigenvalue weighted by Gasteiger charge is 2.23. The number of carbonyl (C=O) groups excluding carboxylic acids is 1. The molecule has 2 aromatic carbocycles. The molecular weight excluding hydrogens is 656 g/mol. The SMILES string of the molecule is COc1c(I)cc(N)cc1C(C)(C)C.COc1c(I)cc(NC(=O)NC(C)C)cc1C(C)(C)C. The second-order valence-corrected chi connectivity index (χ2v) is 12.7. The summed E-state index contributed by atoms with van der Waals surface area (Å²) in [6.45, 7) is 16.7. The third-order valence-corrected chi connectivity index (χ3v) is 6.41. The number of halogens is 2. The zero-order valence-electron chi connectivity index (χ0n) is 21.9. The van der Waals surface area contributed by atoms with Crippen LogP contribution in [0.4, 0.5) is 16.2 Å². The van der Waals surface area contributed by atoms with Gasteiger partial charge in [0.25, 0.3) is 0 Å². The molecule has 6 nitrogen and oxygen atoms in total. The molecule has 2 rings (SSSR count). The maximum atomic E-state index is 11.8. The zero-order valence-corrected chi connectivity index (χ0v) is 26.3. The summed E-state index contributed by atoms with van der Waals surface area (Å²) < 4.78 is 12.9. The van der Waals surface area contributed by atoms with E-state index in [0.717, 1.165) is 41.1 Å². The van der Waals surface area contributed by atoms with Gasteiger partial charge in [0.2, 0.25) is 0 Å². The number of amides is 2. The normalized spacial score (nSPS) is 11.4. The number of nitrogens with one attached hydrogen (secondary N) is 2. The number of anilines is 2. The Labute approximate surface area is 232 Å². The molecule has 0 saturated heterocycles. The molecule has 0 spiro atoms. The van der Waals surface area contributed by atoms with Gasteiger partial charge in [-0.1, -0.05) is 41.5 Å². The van der Waals surface area contributed by atoms with E-state index in [1.165, 1.54) is 0 Å². The molecule has 0 bridgehead atoms. The van der Waals surface area contributed by atoms with Crippen molar-refractivity contribution >= 4 is 62.6 Å². The number of rotatable bonds is 4. The van der Waals surface area contributed by atoms with E-state index in [9.17, 15) is 4.79 Å². The predicted octanol–water partition coefficient (Wildman–Crippen LogP) is 7.31. The Kier molecular flexibility index (Phi) is 11.3. The van der Waals surface area contributed by atoms with Gasteiger partial charge >= 0.3 is 6.03 Å². The second-order valence-electron chi connectivity index (χ2n) is 10.4. The quantitative estimate of drug-likeness (QED) is 0.232. The van der Waals surface area contributed by atoms with Crippen molar-refractivity contribution in [3.63, 3.8) is 0 Å². The number of nitrogens with two attached hydrogens (primary N) is 1. The molecule has 0 aromatic heterocycles. The van der Waals surface area contributed by atoms with Gasteiger partial charge in [0, 0.05) is 28.5 Å². The number of hydrogen-bond donors (Lipinski definition) is 3. The second kappa shape index (κ2) is 12.5. The summed E-state index contributed by atoms with van der Waals surface area (Å²) in [7, 11) is 3.37. The van der Waals surface area contributed by atoms with E-state index in [1.54, 1.807) is 14.2 Å². The van der Waals surface area contributed by atoms with Crippen molar-refractivity contribution in [2.45, 2.75) is 72.3 Å². The predicted molar refractivity (Wildman–Crippen MR) is 161 cm³/mol. The molecule has 0 unspecified atom stereocenters. The Hall–Kier alpha value is -1.43. The van der Waals surface area contributed by atoms with Crippen LogP contribution in [0.15, 0.2) is 24.3 Å². The topological polar surface area (TPSA) is 85.6 Å². The van der Waals surface area contributed by atoms with Crippen molar-refractivity contribution in [3.05, 3.63) is 42.5 Å². The zero-order chi connectivity index (χ0) is 26.4. The van der Waals surface area contributed by atoms with Crippen molar-refractivity contribution < 1.29 is 14.3 Å². The maximum absolute atomic E-state index is 11.8. The van der Waals surface area contributed by atoms with Crippen molar-refractivity contribution in [2.75, 3.05) is 25.3 Å². The Morgan fingerprint density at radius 3 is 1.71 bits per heavy atom. The van der Waals surface area contributed by atoms with E-state index in [0.29, 0.717) is 0 Å². The van der Waals surface area contributed by atoms with Gasteiger partial charge in [-0.15, -0.1) is 0 Å². The lowest BCUT2D eigenvalue weighted by Crippen LogP contribution is -2.34. The highest BCUT2D eigenvalue weighted by atomic mass is 127. The van der Waals surface area contributed by atoms with Crippen LogP contribution in [0.5, 0.6) is 11.5 Å². The third-order valence-electron chi connectivity index (χ3n) is 4.81. The van der Waals surface area contributed by atoms with Crippen molar-refractivity contribution in [3.8, 4) is 11.5 Å². The fourth-order valence-electron chi connectivity index (χ4n) is 3.24. The lowest BCUT2D eigenvalue weighted by atomic mass is 9.86. The molecular formula is C26H39I2N3O3. The number of methoxy groups -OCH3 is 2. The van der Waals surface area contributed by atoms with Crippen molar-refractivity contribution in [1.29, 1.82) is 0 Å². The van der Waals surface area contributed by atoms with Gasteiger partial charge in [0.05, 0.1) is 21.4 Å². The fraction of sp³-hybridized carbons (Fsp3) is 0.500. The van der Waals surface area contributed by atoms with E-state index in [4.69, 9.17) is 15.2 Å². The Balaban J connectivity index is 0.000000362. The number of urea groups is 1. The molecule has 2 aromatic rings. The minimum absolute atomic E-state index is 0.0562. The average molecular weight is 695 g/mol. The molecule has 34 heavy (non-hydrogen) atoms. The molecule has 2 amide bonds. The summed E-state index contributed by atoms with van der Waals surface area (Å²) in [6, 6.07) is 7.71. The summed E-state index contributed by atoms with van der Waals surface area (Å²) in [6.07, 6.45) is 0. The molecule has 0 aliphatic heterocycles. The van der Waals surface area contributed by atoms with Crippen LogP contribution in [0.25, 0.3) is 0 Å². The van der Waals surface area contributed by atoms with E-state index >= 15 is 0 Å². The first-order valence-electron chi connectivity index (χ1n) is 11.1. The monoisotopic (exact) mass is 695 g/mol. The van der Waals surface area contributed by atoms with Gasteiger partial charge in [-0.3, -0.25) is 0 Å². The van der Waals surface area contributed by atoms with E-state index in [-0.39, 0.29) is 22.9 Å². The van der Waals surface area contributed by atoms with Crippen LogP contribution in [-0.2, 0) is 10.8 Å². The average Bonchev–Trinajstić information content (AvgIpc) is 2.65. The Bertz CT molecular complexity index is 994. The highest BCUT2D eigenvalue weighted by molar-refractivity contribution is 14.1. The Morgan fingerprint density at radius 1 is 0.853 bits per heavy atom. The minimum atomic E-state index is -0.194. The number of ether oxygens (including phenoxy) is 2. The van der Waals surface area contributed by atoms with E-state index < -0.39 is 0 Å². The first kappa shape index (κ1) is 30.6. The van der Waals surface area contributed by atoms with Crippen LogP contribution in [0, 0.1) is 7.14 Å². The number of hydrogen-bond acceptors (Lipinski definition) is 4. The van der Waals surface area contributed by atoms with E-state index in [1.807, 2.05) is 38.1 Å². The highest BCUT2D eigenvalue weighted by Crippen LogP contribution is 2.38. The van der Waals surface area contributed by atoms with Crippen molar-refractivity contribution in [1.82, 2.24) is 5.32 Å². The molecule has 0 aliphatic rings. The van der Waals surface area contributed by atoms with Gasteiger partial charge in [0.1, 0.15) is 11.5 Å². The molecule has 0 radical (unpaired) electrons. The largest absolute Gasteiger partial charge is 0.495 e. The standard InChI is InChI=1S/C15H23IN2O2.C11H16INO/c1-9(2)17-14(19)18-10-7-11(15(3,4)5)13(20-6)12(16)8-10;1-11(2,3)8-5-7(13)6-9(12)10(8)14-4/h7-9H,1-6H3,(H2,17,18,19);5-6H,13H2,1-4H3. The first-order valence-corrected chi connectivity index (χ1v) is 13.3. The molecule has 0 fully saturated rings. The van der Waals surface area contributed by atoms with Crippen LogP contribution >= 0.6 is 45.2 Å². The smallest absolute Gasteiger partial charge is 0.319 e. The van der Waals surface area contributed by atoms with E-state index in [2.05, 4.69) is 97.4 Å². The van der Waals surface area contributed by atoms with Crippen molar-refractivity contribution in [2.24, 2.45) is 0 Å². The number of carbonyl (C=O) groups is 1. The van der Waals surface area contributed by atoms with Gasteiger partial charge in [0.15, 0.2) is 0 Å². The van der Waals surface area contributed by atoms with Crippen LogP contribution < -0.4 is 25.8 Å². The third kappa shape index (κ3) is 8.98. The molecule has 0 atom stereocenters. The number of benzene rings is 2. The van der Waals surface area contributed by atoms with Crippen LogP contribution in [-0.4, -0.2) is 26.3 Å².